The molecule has 0 aliphatic heterocycles. The Morgan fingerprint density at radius 1 is 1.29 bits per heavy atom. The summed E-state index contributed by atoms with van der Waals surface area (Å²) in [5, 5.41) is 3.50. The van der Waals surface area contributed by atoms with Gasteiger partial charge in [0.05, 0.1) is 0 Å². The Bertz CT molecular complexity index is 475. The molecule has 116 valence electrons. The van der Waals surface area contributed by atoms with E-state index < -0.39 is 0 Å². The number of aromatic nitrogens is 1. The molecule has 0 bridgehead atoms. The Morgan fingerprint density at radius 3 is 2.62 bits per heavy atom. The molecule has 2 saturated carbocycles. The van der Waals surface area contributed by atoms with Gasteiger partial charge in [0.15, 0.2) is 0 Å². The SMILES string of the molecule is Cc1cc(CNCC(C)C)cnc1N(CC1CC1)C1CC1. The summed E-state index contributed by atoms with van der Waals surface area (Å²) in [6.07, 6.45) is 7.61. The zero-order valence-corrected chi connectivity index (χ0v) is 13.7. The molecule has 0 amide bonds. The van der Waals surface area contributed by atoms with Crippen LogP contribution in [-0.2, 0) is 6.54 Å². The number of anilines is 1. The van der Waals surface area contributed by atoms with Crippen molar-refractivity contribution in [1.29, 1.82) is 0 Å². The van der Waals surface area contributed by atoms with Crippen LogP contribution in [0.2, 0.25) is 0 Å². The maximum atomic E-state index is 4.80. The molecule has 0 radical (unpaired) electrons. The van der Waals surface area contributed by atoms with Gasteiger partial charge < -0.3 is 10.2 Å². The second-order valence-corrected chi connectivity index (χ2v) is 7.34. The molecular weight excluding hydrogens is 258 g/mol. The highest BCUT2D eigenvalue weighted by Crippen LogP contribution is 2.38. The molecule has 3 rings (SSSR count). The highest BCUT2D eigenvalue weighted by Gasteiger charge is 2.35. The minimum atomic E-state index is 0.697. The zero-order chi connectivity index (χ0) is 14.8. The van der Waals surface area contributed by atoms with Crippen molar-refractivity contribution < 1.29 is 0 Å². The number of rotatable bonds is 8. The van der Waals surface area contributed by atoms with E-state index in [0.29, 0.717) is 5.92 Å². The zero-order valence-electron chi connectivity index (χ0n) is 13.7. The molecule has 0 spiro atoms. The summed E-state index contributed by atoms with van der Waals surface area (Å²) >= 11 is 0. The van der Waals surface area contributed by atoms with Crippen LogP contribution >= 0.6 is 0 Å². The van der Waals surface area contributed by atoms with Gasteiger partial charge in [0.2, 0.25) is 0 Å². The molecule has 3 heteroatoms. The highest BCUT2D eigenvalue weighted by atomic mass is 15.2. The van der Waals surface area contributed by atoms with Crippen LogP contribution < -0.4 is 10.2 Å². The summed E-state index contributed by atoms with van der Waals surface area (Å²) in [6, 6.07) is 3.08. The van der Waals surface area contributed by atoms with Crippen LogP contribution in [0.1, 0.15) is 50.7 Å². The monoisotopic (exact) mass is 287 g/mol. The first-order chi connectivity index (χ1) is 10.1. The third-order valence-corrected chi connectivity index (χ3v) is 4.40. The van der Waals surface area contributed by atoms with E-state index in [1.54, 1.807) is 0 Å². The van der Waals surface area contributed by atoms with Gasteiger partial charge in [0.1, 0.15) is 5.82 Å². The molecule has 2 aliphatic rings. The minimum absolute atomic E-state index is 0.697. The van der Waals surface area contributed by atoms with Gasteiger partial charge in [-0.1, -0.05) is 13.8 Å². The molecule has 3 nitrogen and oxygen atoms in total. The molecule has 0 unspecified atom stereocenters. The van der Waals surface area contributed by atoms with E-state index >= 15 is 0 Å². The molecule has 2 fully saturated rings. The maximum Gasteiger partial charge on any atom is 0.131 e. The van der Waals surface area contributed by atoms with Crippen LogP contribution in [-0.4, -0.2) is 24.1 Å². The van der Waals surface area contributed by atoms with Crippen LogP contribution in [0.15, 0.2) is 12.3 Å². The average Bonchev–Trinajstić information content (AvgIpc) is 3.30. The maximum absolute atomic E-state index is 4.80. The number of hydrogen-bond acceptors (Lipinski definition) is 3. The summed E-state index contributed by atoms with van der Waals surface area (Å²) in [6.45, 7) is 9.92. The van der Waals surface area contributed by atoms with Crippen LogP contribution in [0.4, 0.5) is 5.82 Å². The van der Waals surface area contributed by atoms with Gasteiger partial charge in [-0.2, -0.15) is 0 Å². The lowest BCUT2D eigenvalue weighted by atomic mass is 10.1. The van der Waals surface area contributed by atoms with Crippen molar-refractivity contribution in [3.8, 4) is 0 Å². The fourth-order valence-corrected chi connectivity index (χ4v) is 2.90. The first-order valence-corrected chi connectivity index (χ1v) is 8.56. The molecule has 0 saturated heterocycles. The van der Waals surface area contributed by atoms with Crippen molar-refractivity contribution in [2.24, 2.45) is 11.8 Å². The molecule has 1 aromatic heterocycles. The molecular formula is C18H29N3. The van der Waals surface area contributed by atoms with Gasteiger partial charge in [-0.25, -0.2) is 4.98 Å². The molecule has 21 heavy (non-hydrogen) atoms. The Balaban J connectivity index is 1.64. The summed E-state index contributed by atoms with van der Waals surface area (Å²) in [4.78, 5) is 7.39. The van der Waals surface area contributed by atoms with E-state index in [9.17, 15) is 0 Å². The fourth-order valence-electron chi connectivity index (χ4n) is 2.90. The Morgan fingerprint density at radius 2 is 2.05 bits per heavy atom. The molecule has 2 aliphatic carbocycles. The van der Waals surface area contributed by atoms with Crippen LogP contribution in [0, 0.1) is 18.8 Å². The van der Waals surface area contributed by atoms with Gasteiger partial charge >= 0.3 is 0 Å². The van der Waals surface area contributed by atoms with E-state index in [0.717, 1.165) is 25.0 Å². The van der Waals surface area contributed by atoms with E-state index in [1.165, 1.54) is 49.2 Å². The fraction of sp³-hybridized carbons (Fsp3) is 0.722. The van der Waals surface area contributed by atoms with Gasteiger partial charge in [0.25, 0.3) is 0 Å². The largest absolute Gasteiger partial charge is 0.353 e. The smallest absolute Gasteiger partial charge is 0.131 e. The highest BCUT2D eigenvalue weighted by molar-refractivity contribution is 5.49. The second kappa shape index (κ2) is 6.35. The minimum Gasteiger partial charge on any atom is -0.353 e. The number of nitrogens with one attached hydrogen (secondary N) is 1. The van der Waals surface area contributed by atoms with Gasteiger partial charge in [-0.3, -0.25) is 0 Å². The number of pyridine rings is 1. The lowest BCUT2D eigenvalue weighted by molar-refractivity contribution is 0.551. The molecule has 1 aromatic rings. The van der Waals surface area contributed by atoms with E-state index in [4.69, 9.17) is 4.98 Å². The predicted molar refractivity (Wildman–Crippen MR) is 88.6 cm³/mol. The normalized spacial score (nSPS) is 18.3. The van der Waals surface area contributed by atoms with Gasteiger partial charge in [-0.05, 0) is 68.2 Å². The Hall–Kier alpha value is -1.09. The molecule has 0 atom stereocenters. The predicted octanol–water partition coefficient (Wildman–Crippen LogP) is 3.51. The standard InChI is InChI=1S/C18H29N3/c1-13(2)9-19-10-16-8-14(3)18(20-11-16)21(17-6-7-17)12-15-4-5-15/h8,11,13,15,17,19H,4-7,9-10,12H2,1-3H3. The average molecular weight is 287 g/mol. The number of hydrogen-bond donors (Lipinski definition) is 1. The first kappa shape index (κ1) is 14.8. The summed E-state index contributed by atoms with van der Waals surface area (Å²) in [7, 11) is 0. The van der Waals surface area contributed by atoms with Crippen LogP contribution in [0.3, 0.4) is 0 Å². The molecule has 0 aromatic carbocycles. The number of aryl methyl sites for hydroxylation is 1. The molecule has 1 heterocycles. The Kier molecular flexibility index (Phi) is 4.48. The van der Waals surface area contributed by atoms with Crippen molar-refractivity contribution >= 4 is 5.82 Å². The third kappa shape index (κ3) is 4.19. The topological polar surface area (TPSA) is 28.2 Å². The van der Waals surface area contributed by atoms with Crippen molar-refractivity contribution in [2.45, 2.75) is 59.0 Å². The summed E-state index contributed by atoms with van der Waals surface area (Å²) < 4.78 is 0. The van der Waals surface area contributed by atoms with E-state index in [-0.39, 0.29) is 0 Å². The lowest BCUT2D eigenvalue weighted by Crippen LogP contribution is -2.29. The van der Waals surface area contributed by atoms with Crippen molar-refractivity contribution in [3.63, 3.8) is 0 Å². The summed E-state index contributed by atoms with van der Waals surface area (Å²) in [5.41, 5.74) is 2.64. The van der Waals surface area contributed by atoms with Crippen LogP contribution in [0.5, 0.6) is 0 Å². The van der Waals surface area contributed by atoms with E-state index in [1.807, 2.05) is 0 Å². The summed E-state index contributed by atoms with van der Waals surface area (Å²) in [5.74, 6) is 2.86. The van der Waals surface area contributed by atoms with Crippen molar-refractivity contribution in [2.75, 3.05) is 18.0 Å². The second-order valence-electron chi connectivity index (χ2n) is 7.34. The first-order valence-electron chi connectivity index (χ1n) is 8.56. The third-order valence-electron chi connectivity index (χ3n) is 4.40. The van der Waals surface area contributed by atoms with E-state index in [2.05, 4.69) is 43.3 Å². The quantitative estimate of drug-likeness (QED) is 0.793. The number of nitrogens with zero attached hydrogens (tertiary/aromatic N) is 2. The van der Waals surface area contributed by atoms with Crippen LogP contribution in [0.25, 0.3) is 0 Å². The van der Waals surface area contributed by atoms with Crippen molar-refractivity contribution in [1.82, 2.24) is 10.3 Å². The molecule has 1 N–H and O–H groups in total. The van der Waals surface area contributed by atoms with Gasteiger partial charge in [-0.15, -0.1) is 0 Å². The Labute approximate surface area is 129 Å². The van der Waals surface area contributed by atoms with Crippen molar-refractivity contribution in [3.05, 3.63) is 23.4 Å². The van der Waals surface area contributed by atoms with Gasteiger partial charge in [0, 0.05) is 25.3 Å². The lowest BCUT2D eigenvalue weighted by Gasteiger charge is -2.25.